The Balaban J connectivity index is 1.30. The van der Waals surface area contributed by atoms with Crippen LogP contribution in [-0.2, 0) is 9.59 Å². The molecule has 0 aromatic heterocycles. The van der Waals surface area contributed by atoms with Crippen molar-refractivity contribution >= 4 is 34.9 Å². The van der Waals surface area contributed by atoms with Crippen LogP contribution in [0.25, 0.3) is 0 Å². The number of nitrogens with one attached hydrogen (secondary N) is 1. The van der Waals surface area contributed by atoms with E-state index in [9.17, 15) is 24.5 Å². The van der Waals surface area contributed by atoms with E-state index in [1.807, 2.05) is 31.2 Å². The van der Waals surface area contributed by atoms with Crippen molar-refractivity contribution < 1.29 is 19.3 Å². The molecule has 200 valence electrons. The van der Waals surface area contributed by atoms with Crippen molar-refractivity contribution in [3.05, 3.63) is 64.2 Å². The summed E-state index contributed by atoms with van der Waals surface area (Å²) in [6, 6.07) is 12.3. The Morgan fingerprint density at radius 1 is 1.00 bits per heavy atom. The molecule has 0 unspecified atom stereocenters. The Labute approximate surface area is 221 Å². The van der Waals surface area contributed by atoms with Gasteiger partial charge in [0, 0.05) is 36.6 Å². The number of hydrogen-bond donors (Lipinski definition) is 1. The molecule has 0 aliphatic carbocycles. The summed E-state index contributed by atoms with van der Waals surface area (Å²) in [5, 5.41) is 14.0. The number of anilines is 2. The number of hydrogen-bond acceptors (Lipinski definition) is 5. The van der Waals surface area contributed by atoms with Gasteiger partial charge in [0.2, 0.25) is 11.8 Å². The monoisotopic (exact) mass is 519 g/mol. The predicted octanol–water partition coefficient (Wildman–Crippen LogP) is 4.37. The highest BCUT2D eigenvalue weighted by atomic mass is 16.6. The molecule has 2 aromatic carbocycles. The number of non-ortho nitro benzene ring substituents is 1. The van der Waals surface area contributed by atoms with Crippen molar-refractivity contribution in [1.29, 1.82) is 0 Å². The zero-order valence-corrected chi connectivity index (χ0v) is 21.9. The van der Waals surface area contributed by atoms with Crippen LogP contribution in [0.15, 0.2) is 48.5 Å². The average molecular weight is 520 g/mol. The second-order valence-corrected chi connectivity index (χ2v) is 10.7. The largest absolute Gasteiger partial charge is 0.335 e. The van der Waals surface area contributed by atoms with E-state index in [-0.39, 0.29) is 35.6 Å². The molecule has 0 spiro atoms. The maximum atomic E-state index is 13.8. The van der Waals surface area contributed by atoms with Gasteiger partial charge in [0.15, 0.2) is 0 Å². The summed E-state index contributed by atoms with van der Waals surface area (Å²) in [6.07, 6.45) is 1.94. The first kappa shape index (κ1) is 25.7. The Morgan fingerprint density at radius 3 is 2.32 bits per heavy atom. The van der Waals surface area contributed by atoms with Crippen molar-refractivity contribution in [3.8, 4) is 0 Å². The summed E-state index contributed by atoms with van der Waals surface area (Å²) in [5.74, 6) is -0.238. The predicted molar refractivity (Wildman–Crippen MR) is 143 cm³/mol. The van der Waals surface area contributed by atoms with Crippen LogP contribution in [0.1, 0.15) is 51.5 Å². The lowest BCUT2D eigenvalue weighted by atomic mass is 10.0. The molecule has 0 bridgehead atoms. The van der Waals surface area contributed by atoms with Crippen molar-refractivity contribution in [2.75, 3.05) is 23.3 Å². The molecule has 4 amide bonds. The van der Waals surface area contributed by atoms with E-state index < -0.39 is 16.9 Å². The normalized spacial score (nSPS) is 24.7. The first-order valence-corrected chi connectivity index (χ1v) is 13.2. The van der Waals surface area contributed by atoms with Gasteiger partial charge >= 0.3 is 6.03 Å². The summed E-state index contributed by atoms with van der Waals surface area (Å²) in [5.41, 5.74) is 2.43. The third kappa shape index (κ3) is 4.48. The minimum absolute atomic E-state index is 0.0383. The van der Waals surface area contributed by atoms with Crippen LogP contribution in [0.4, 0.5) is 21.9 Å². The maximum absolute atomic E-state index is 13.8. The van der Waals surface area contributed by atoms with Gasteiger partial charge in [-0.2, -0.15) is 0 Å². The fourth-order valence-electron chi connectivity index (χ4n) is 6.13. The Morgan fingerprint density at radius 2 is 1.68 bits per heavy atom. The standard InChI is InChI=1S/C28H33N5O5/c1-17(2)19-6-8-20(9-7-19)29-28(36)30-15-4-5-24(30)27(35)31-16-14-23-25(31)18(3)26(34)32(23)21-10-12-22(13-11-21)33(37)38/h6-13,17-18,23-25H,4-5,14-16H2,1-3H3,(H,29,36)/t18-,23-,24-,25+/m0/s1. The van der Waals surface area contributed by atoms with Crippen LogP contribution in [0.5, 0.6) is 0 Å². The summed E-state index contributed by atoms with van der Waals surface area (Å²) >= 11 is 0. The molecule has 0 radical (unpaired) electrons. The highest BCUT2D eigenvalue weighted by Crippen LogP contribution is 2.40. The van der Waals surface area contributed by atoms with E-state index in [0.717, 1.165) is 6.42 Å². The van der Waals surface area contributed by atoms with Gasteiger partial charge in [-0.05, 0) is 55.0 Å². The molecule has 0 saturated carbocycles. The lowest BCUT2D eigenvalue weighted by Crippen LogP contribution is -2.52. The molecule has 10 nitrogen and oxygen atoms in total. The van der Waals surface area contributed by atoms with Crippen LogP contribution in [-0.4, -0.2) is 63.8 Å². The van der Waals surface area contributed by atoms with Gasteiger partial charge in [-0.3, -0.25) is 19.7 Å². The minimum atomic E-state index is -0.570. The number of fused-ring (bicyclic) bond motifs is 1. The number of nitrogens with zero attached hydrogens (tertiary/aromatic N) is 4. The van der Waals surface area contributed by atoms with Crippen molar-refractivity contribution in [3.63, 3.8) is 0 Å². The minimum Gasteiger partial charge on any atom is -0.335 e. The quantitative estimate of drug-likeness (QED) is 0.465. The van der Waals surface area contributed by atoms with E-state index >= 15 is 0 Å². The molecule has 3 saturated heterocycles. The van der Waals surface area contributed by atoms with Gasteiger partial charge in [0.25, 0.3) is 5.69 Å². The molecule has 3 fully saturated rings. The molecular weight excluding hydrogens is 486 g/mol. The molecule has 1 N–H and O–H groups in total. The maximum Gasteiger partial charge on any atom is 0.322 e. The third-order valence-corrected chi connectivity index (χ3v) is 8.14. The van der Waals surface area contributed by atoms with E-state index in [1.165, 1.54) is 17.7 Å². The first-order chi connectivity index (χ1) is 18.2. The number of nitro benzene ring substituents is 1. The molecule has 3 aliphatic heterocycles. The van der Waals surface area contributed by atoms with E-state index in [0.29, 0.717) is 43.2 Å². The molecule has 4 atom stereocenters. The van der Waals surface area contributed by atoms with Gasteiger partial charge < -0.3 is 20.0 Å². The van der Waals surface area contributed by atoms with Crippen LogP contribution in [0.2, 0.25) is 0 Å². The Bertz CT molecular complexity index is 1250. The second-order valence-electron chi connectivity index (χ2n) is 10.7. The highest BCUT2D eigenvalue weighted by Gasteiger charge is 2.55. The molecule has 3 aliphatic rings. The lowest BCUT2D eigenvalue weighted by Gasteiger charge is -2.32. The lowest BCUT2D eigenvalue weighted by molar-refractivity contribution is -0.384. The molecule has 10 heteroatoms. The Kier molecular flexibility index (Phi) is 6.81. The highest BCUT2D eigenvalue weighted by molar-refractivity contribution is 6.00. The SMILES string of the molecule is CC(C)c1ccc(NC(=O)N2CCC[C@H]2C(=O)N2CC[C@H]3[C@H]2[C@H](C)C(=O)N3c2ccc([N+](=O)[O-])cc2)cc1. The van der Waals surface area contributed by atoms with Crippen molar-refractivity contribution in [1.82, 2.24) is 9.80 Å². The number of urea groups is 1. The fraction of sp³-hybridized carbons (Fsp3) is 0.464. The van der Waals surface area contributed by atoms with Gasteiger partial charge in [0.1, 0.15) is 6.04 Å². The van der Waals surface area contributed by atoms with Gasteiger partial charge in [-0.15, -0.1) is 0 Å². The van der Waals surface area contributed by atoms with Crippen LogP contribution < -0.4 is 10.2 Å². The molecule has 3 heterocycles. The van der Waals surface area contributed by atoms with Gasteiger partial charge in [-0.1, -0.05) is 32.9 Å². The second kappa shape index (κ2) is 10.1. The summed E-state index contributed by atoms with van der Waals surface area (Å²) in [4.78, 5) is 55.8. The van der Waals surface area contributed by atoms with Crippen LogP contribution in [0, 0.1) is 16.0 Å². The van der Waals surface area contributed by atoms with E-state index in [4.69, 9.17) is 0 Å². The summed E-state index contributed by atoms with van der Waals surface area (Å²) in [7, 11) is 0. The third-order valence-electron chi connectivity index (χ3n) is 8.14. The number of carbonyl (C=O) groups excluding carboxylic acids is 3. The van der Waals surface area contributed by atoms with Crippen molar-refractivity contribution in [2.45, 2.75) is 64.1 Å². The average Bonchev–Trinajstić information content (AvgIpc) is 3.61. The zero-order valence-electron chi connectivity index (χ0n) is 21.9. The fourth-order valence-corrected chi connectivity index (χ4v) is 6.13. The topological polar surface area (TPSA) is 116 Å². The van der Waals surface area contributed by atoms with Gasteiger partial charge in [-0.25, -0.2) is 4.79 Å². The summed E-state index contributed by atoms with van der Waals surface area (Å²) < 4.78 is 0. The van der Waals surface area contributed by atoms with E-state index in [1.54, 1.807) is 26.8 Å². The molecule has 2 aromatic rings. The Hall–Kier alpha value is -3.95. The zero-order chi connectivity index (χ0) is 27.1. The number of amides is 4. The number of benzene rings is 2. The van der Waals surface area contributed by atoms with E-state index in [2.05, 4.69) is 19.2 Å². The molecular formula is C28H33N5O5. The first-order valence-electron chi connectivity index (χ1n) is 13.2. The smallest absolute Gasteiger partial charge is 0.322 e. The van der Waals surface area contributed by atoms with Gasteiger partial charge in [0.05, 0.1) is 22.9 Å². The summed E-state index contributed by atoms with van der Waals surface area (Å²) in [6.45, 7) is 7.05. The number of rotatable bonds is 5. The van der Waals surface area contributed by atoms with Crippen molar-refractivity contribution in [2.24, 2.45) is 5.92 Å². The number of likely N-dealkylation sites (tertiary alicyclic amines) is 2. The number of nitro groups is 1. The van der Waals surface area contributed by atoms with Crippen LogP contribution in [0.3, 0.4) is 0 Å². The molecule has 38 heavy (non-hydrogen) atoms. The molecule has 5 rings (SSSR count). The van der Waals surface area contributed by atoms with Crippen LogP contribution >= 0.6 is 0 Å². The number of carbonyl (C=O) groups is 3.